The molecule has 0 N–H and O–H groups in total. The van der Waals surface area contributed by atoms with Crippen molar-refractivity contribution in [1.29, 1.82) is 5.26 Å². The van der Waals surface area contributed by atoms with E-state index in [9.17, 15) is 19.6 Å². The zero-order chi connectivity index (χ0) is 20.4. The van der Waals surface area contributed by atoms with Crippen LogP contribution in [0.15, 0.2) is 66.9 Å². The number of hydrogen-bond donors (Lipinski definition) is 0. The maximum Gasteiger partial charge on any atom is 0.262 e. The quantitative estimate of drug-likeness (QED) is 0.758. The molecule has 6 nitrogen and oxygen atoms in total. The Kier molecular flexibility index (Phi) is 4.96. The lowest BCUT2D eigenvalue weighted by Crippen LogP contribution is -2.53. The summed E-state index contributed by atoms with van der Waals surface area (Å²) in [6.07, 6.45) is 4.84. The zero-order valence-electron chi connectivity index (χ0n) is 15.7. The molecular weight excluding hydrogens is 366 g/mol. The molecule has 2 aliphatic rings. The van der Waals surface area contributed by atoms with Crippen LogP contribution in [0.2, 0.25) is 0 Å². The summed E-state index contributed by atoms with van der Waals surface area (Å²) < 4.78 is 0. The highest BCUT2D eigenvalue weighted by molar-refractivity contribution is 6.22. The first-order chi connectivity index (χ1) is 14.1. The van der Waals surface area contributed by atoms with E-state index in [0.29, 0.717) is 24.0 Å². The number of imide groups is 1. The molecule has 3 amide bonds. The van der Waals surface area contributed by atoms with E-state index < -0.39 is 29.8 Å². The summed E-state index contributed by atoms with van der Waals surface area (Å²) in [6, 6.07) is 16.4. The van der Waals surface area contributed by atoms with Gasteiger partial charge in [-0.3, -0.25) is 19.3 Å². The van der Waals surface area contributed by atoms with Crippen LogP contribution < -0.4 is 0 Å². The van der Waals surface area contributed by atoms with Crippen molar-refractivity contribution in [3.8, 4) is 6.07 Å². The molecule has 2 aromatic carbocycles. The summed E-state index contributed by atoms with van der Waals surface area (Å²) in [5.41, 5.74) is 1.43. The number of rotatable bonds is 4. The van der Waals surface area contributed by atoms with Gasteiger partial charge in [0.2, 0.25) is 0 Å². The number of amides is 3. The number of nitriles is 1. The summed E-state index contributed by atoms with van der Waals surface area (Å²) in [4.78, 5) is 41.9. The van der Waals surface area contributed by atoms with E-state index >= 15 is 0 Å². The fourth-order valence-electron chi connectivity index (χ4n) is 3.83. The Morgan fingerprint density at radius 3 is 2.28 bits per heavy atom. The molecule has 4 rings (SSSR count). The minimum absolute atomic E-state index is 0.188. The summed E-state index contributed by atoms with van der Waals surface area (Å²) in [7, 11) is 0. The highest BCUT2D eigenvalue weighted by Gasteiger charge is 2.44. The van der Waals surface area contributed by atoms with Gasteiger partial charge in [-0.15, -0.1) is 0 Å². The van der Waals surface area contributed by atoms with Gasteiger partial charge in [-0.1, -0.05) is 48.5 Å². The summed E-state index contributed by atoms with van der Waals surface area (Å²) in [6.45, 7) is 0. The predicted molar refractivity (Wildman–Crippen MR) is 105 cm³/mol. The molecule has 0 saturated carbocycles. The average Bonchev–Trinajstić information content (AvgIpc) is 3.02. The molecule has 144 valence electrons. The van der Waals surface area contributed by atoms with Crippen LogP contribution in [0.5, 0.6) is 0 Å². The number of allylic oxidation sites excluding steroid dienone is 1. The topological polar surface area (TPSA) is 81.5 Å². The van der Waals surface area contributed by atoms with E-state index in [0.717, 1.165) is 10.5 Å². The normalized spacial score (nSPS) is 19.1. The van der Waals surface area contributed by atoms with Crippen molar-refractivity contribution in [2.24, 2.45) is 0 Å². The highest BCUT2D eigenvalue weighted by atomic mass is 16.2. The minimum atomic E-state index is -1.02. The molecule has 0 saturated heterocycles. The van der Waals surface area contributed by atoms with E-state index in [-0.39, 0.29) is 6.42 Å². The molecule has 2 aliphatic heterocycles. The smallest absolute Gasteiger partial charge is 0.262 e. The van der Waals surface area contributed by atoms with Gasteiger partial charge in [0.15, 0.2) is 0 Å². The van der Waals surface area contributed by atoms with Gasteiger partial charge in [0.1, 0.15) is 12.1 Å². The molecule has 2 atom stereocenters. The van der Waals surface area contributed by atoms with Crippen LogP contribution in [-0.4, -0.2) is 39.6 Å². The molecule has 6 heteroatoms. The molecule has 0 radical (unpaired) electrons. The second kappa shape index (κ2) is 7.72. The summed E-state index contributed by atoms with van der Waals surface area (Å²) >= 11 is 0. The minimum Gasteiger partial charge on any atom is -0.301 e. The van der Waals surface area contributed by atoms with E-state index in [1.165, 1.54) is 4.90 Å². The fraction of sp³-hybridized carbons (Fsp3) is 0.217. The van der Waals surface area contributed by atoms with Crippen molar-refractivity contribution in [1.82, 2.24) is 9.80 Å². The lowest BCUT2D eigenvalue weighted by Gasteiger charge is -2.33. The molecule has 0 fully saturated rings. The Bertz CT molecular complexity index is 1000. The van der Waals surface area contributed by atoms with E-state index in [4.69, 9.17) is 0 Å². The van der Waals surface area contributed by atoms with Crippen molar-refractivity contribution in [3.05, 3.63) is 83.6 Å². The van der Waals surface area contributed by atoms with Gasteiger partial charge < -0.3 is 4.90 Å². The monoisotopic (exact) mass is 385 g/mol. The first-order valence-electron chi connectivity index (χ1n) is 9.51. The third kappa shape index (κ3) is 3.32. The Balaban J connectivity index is 1.74. The van der Waals surface area contributed by atoms with Crippen LogP contribution in [-0.2, 0) is 11.2 Å². The third-order valence-corrected chi connectivity index (χ3v) is 5.31. The van der Waals surface area contributed by atoms with E-state index in [1.54, 1.807) is 30.5 Å². The second-order valence-corrected chi connectivity index (χ2v) is 7.08. The first-order valence-corrected chi connectivity index (χ1v) is 9.51. The molecule has 0 aliphatic carbocycles. The zero-order valence-corrected chi connectivity index (χ0v) is 15.7. The molecule has 0 aromatic heterocycles. The molecule has 1 unspecified atom stereocenters. The summed E-state index contributed by atoms with van der Waals surface area (Å²) in [5, 5.41) is 9.47. The fourth-order valence-corrected chi connectivity index (χ4v) is 3.83. The lowest BCUT2D eigenvalue weighted by atomic mass is 10.0. The van der Waals surface area contributed by atoms with E-state index in [1.807, 2.05) is 36.4 Å². The maximum absolute atomic E-state index is 13.5. The number of carbonyl (C=O) groups is 3. The molecular formula is C23H19N3O3. The number of fused-ring (bicyclic) bond motifs is 1. The second-order valence-electron chi connectivity index (χ2n) is 7.08. The van der Waals surface area contributed by atoms with Gasteiger partial charge in [0, 0.05) is 12.6 Å². The Labute approximate surface area is 168 Å². The third-order valence-electron chi connectivity index (χ3n) is 5.31. The summed E-state index contributed by atoms with van der Waals surface area (Å²) in [5.74, 6) is -1.38. The largest absolute Gasteiger partial charge is 0.301 e. The van der Waals surface area contributed by atoms with Crippen LogP contribution in [0.3, 0.4) is 0 Å². The average molecular weight is 385 g/mol. The molecule has 2 heterocycles. The van der Waals surface area contributed by atoms with Crippen LogP contribution in [0.4, 0.5) is 0 Å². The number of hydrogen-bond acceptors (Lipinski definition) is 4. The van der Waals surface area contributed by atoms with Gasteiger partial charge in [0.05, 0.1) is 17.2 Å². The predicted octanol–water partition coefficient (Wildman–Crippen LogP) is 2.92. The standard InChI is InChI=1S/C23H19N3O3/c24-15-17-10-6-7-13-25(17)23(29)20(14-16-8-2-1-3-9-16)26-21(27)18-11-4-5-12-19(18)22(26)28/h1-5,7-9,11-13,17,20H,6,10,14H2/t17?,20-/m1/s1. The van der Waals surface area contributed by atoms with Crippen LogP contribution in [0.1, 0.15) is 39.1 Å². The molecule has 2 aromatic rings. The lowest BCUT2D eigenvalue weighted by molar-refractivity contribution is -0.134. The van der Waals surface area contributed by atoms with Crippen LogP contribution in [0, 0.1) is 11.3 Å². The SMILES string of the molecule is N#CC1CCC=CN1C(=O)[C@@H](Cc1ccccc1)N1C(=O)c2ccccc2C1=O. The van der Waals surface area contributed by atoms with Gasteiger partial charge in [0.25, 0.3) is 17.7 Å². The van der Waals surface area contributed by atoms with Gasteiger partial charge in [-0.25, -0.2) is 0 Å². The number of carbonyl (C=O) groups excluding carboxylic acids is 3. The molecule has 0 bridgehead atoms. The Hall–Kier alpha value is -3.72. The molecule has 0 spiro atoms. The van der Waals surface area contributed by atoms with Crippen LogP contribution in [0.25, 0.3) is 0 Å². The Morgan fingerprint density at radius 2 is 1.66 bits per heavy atom. The van der Waals surface area contributed by atoms with E-state index in [2.05, 4.69) is 6.07 Å². The van der Waals surface area contributed by atoms with Gasteiger partial charge >= 0.3 is 0 Å². The first kappa shape index (κ1) is 18.6. The Morgan fingerprint density at radius 1 is 1.03 bits per heavy atom. The van der Waals surface area contributed by atoms with Crippen molar-refractivity contribution < 1.29 is 14.4 Å². The van der Waals surface area contributed by atoms with Gasteiger partial charge in [-0.05, 0) is 30.5 Å². The molecule has 29 heavy (non-hydrogen) atoms. The van der Waals surface area contributed by atoms with Crippen LogP contribution >= 0.6 is 0 Å². The number of benzene rings is 2. The number of nitrogens with zero attached hydrogens (tertiary/aromatic N) is 3. The van der Waals surface area contributed by atoms with Gasteiger partial charge in [-0.2, -0.15) is 5.26 Å². The van der Waals surface area contributed by atoms with Crippen molar-refractivity contribution in [2.75, 3.05) is 0 Å². The maximum atomic E-state index is 13.5. The van der Waals surface area contributed by atoms with Crippen molar-refractivity contribution in [3.63, 3.8) is 0 Å². The van der Waals surface area contributed by atoms with Crippen molar-refractivity contribution in [2.45, 2.75) is 31.3 Å². The highest BCUT2D eigenvalue weighted by Crippen LogP contribution is 2.28. The van der Waals surface area contributed by atoms with Crippen molar-refractivity contribution >= 4 is 17.7 Å².